The summed E-state index contributed by atoms with van der Waals surface area (Å²) in [6, 6.07) is 0. The summed E-state index contributed by atoms with van der Waals surface area (Å²) in [5.41, 5.74) is 0. The van der Waals surface area contributed by atoms with E-state index in [4.69, 9.17) is 4.74 Å². The van der Waals surface area contributed by atoms with Crippen LogP contribution < -0.4 is 0 Å². The highest BCUT2D eigenvalue weighted by Gasteiger charge is 2.37. The van der Waals surface area contributed by atoms with Crippen molar-refractivity contribution in [3.8, 4) is 0 Å². The first kappa shape index (κ1) is 25.0. The molecule has 0 aromatic heterocycles. The summed E-state index contributed by atoms with van der Waals surface area (Å²) in [6.45, 7) is 6.68. The van der Waals surface area contributed by atoms with Crippen LogP contribution in [-0.2, 0) is 14.3 Å². The van der Waals surface area contributed by atoms with Crippen molar-refractivity contribution in [2.75, 3.05) is 0 Å². The number of hydrogen-bond acceptors (Lipinski definition) is 3. The van der Waals surface area contributed by atoms with Crippen LogP contribution in [0.25, 0.3) is 0 Å². The fourth-order valence-electron chi connectivity index (χ4n) is 4.35. The molecule has 0 heterocycles. The summed E-state index contributed by atoms with van der Waals surface area (Å²) in [4.78, 5) is 24.0. The predicted octanol–water partition coefficient (Wildman–Crippen LogP) is 6.76. The molecule has 1 aliphatic carbocycles. The quantitative estimate of drug-likeness (QED) is 0.245. The average Bonchev–Trinajstić information content (AvgIpc) is 2.66. The molecule has 0 saturated heterocycles. The van der Waals surface area contributed by atoms with Gasteiger partial charge in [-0.25, -0.2) is 0 Å². The summed E-state index contributed by atoms with van der Waals surface area (Å²) < 4.78 is 5.79. The van der Waals surface area contributed by atoms with Crippen molar-refractivity contribution < 1.29 is 19.4 Å². The molecule has 0 amide bonds. The van der Waals surface area contributed by atoms with Gasteiger partial charge in [-0.2, -0.15) is 0 Å². The number of carbonyl (C=O) groups excluding carboxylic acids is 1. The lowest BCUT2D eigenvalue weighted by Crippen LogP contribution is -2.35. The molecule has 1 rings (SSSR count). The fraction of sp³-hybridized carbons (Fsp3) is 0.917. The summed E-state index contributed by atoms with van der Waals surface area (Å²) in [5, 5.41) is 9.39. The molecule has 4 nitrogen and oxygen atoms in total. The van der Waals surface area contributed by atoms with E-state index >= 15 is 0 Å². The Morgan fingerprint density at radius 1 is 0.857 bits per heavy atom. The zero-order chi connectivity index (χ0) is 20.8. The van der Waals surface area contributed by atoms with E-state index in [1.165, 1.54) is 44.9 Å². The van der Waals surface area contributed by atoms with E-state index in [2.05, 4.69) is 20.8 Å². The Morgan fingerprint density at radius 3 is 1.93 bits per heavy atom. The van der Waals surface area contributed by atoms with Gasteiger partial charge in [-0.3, -0.25) is 9.59 Å². The van der Waals surface area contributed by atoms with Crippen LogP contribution in [0.5, 0.6) is 0 Å². The van der Waals surface area contributed by atoms with Gasteiger partial charge in [-0.05, 0) is 38.0 Å². The van der Waals surface area contributed by atoms with Gasteiger partial charge in [0.15, 0.2) is 0 Å². The summed E-state index contributed by atoms with van der Waals surface area (Å²) in [5.74, 6) is -1.30. The van der Waals surface area contributed by atoms with Crippen LogP contribution in [0.2, 0.25) is 0 Å². The van der Waals surface area contributed by atoms with E-state index in [1.807, 2.05) is 0 Å². The minimum absolute atomic E-state index is 0.0417. The largest absolute Gasteiger partial charge is 0.481 e. The Kier molecular flexibility index (Phi) is 13.3. The second-order valence-corrected chi connectivity index (χ2v) is 9.13. The highest BCUT2D eigenvalue weighted by atomic mass is 16.5. The number of hydrogen-bond donors (Lipinski definition) is 1. The first-order chi connectivity index (χ1) is 13.5. The van der Waals surface area contributed by atoms with Crippen LogP contribution in [0.3, 0.4) is 0 Å². The van der Waals surface area contributed by atoms with Crippen LogP contribution in [0.15, 0.2) is 0 Å². The van der Waals surface area contributed by atoms with Crippen molar-refractivity contribution in [2.45, 2.75) is 123 Å². The Labute approximate surface area is 172 Å². The first-order valence-electron chi connectivity index (χ1n) is 11.9. The van der Waals surface area contributed by atoms with Crippen molar-refractivity contribution in [3.63, 3.8) is 0 Å². The molecule has 0 radical (unpaired) electrons. The van der Waals surface area contributed by atoms with Gasteiger partial charge < -0.3 is 9.84 Å². The van der Waals surface area contributed by atoms with Crippen molar-refractivity contribution in [3.05, 3.63) is 0 Å². The maximum absolute atomic E-state index is 12.6. The molecule has 1 aliphatic rings. The molecule has 0 aromatic carbocycles. The minimum atomic E-state index is -0.845. The van der Waals surface area contributed by atoms with Crippen molar-refractivity contribution in [2.24, 2.45) is 17.8 Å². The fourth-order valence-corrected chi connectivity index (χ4v) is 4.35. The van der Waals surface area contributed by atoms with Crippen molar-refractivity contribution in [1.82, 2.24) is 0 Å². The molecule has 1 N–H and O–H groups in total. The Balaban J connectivity index is 2.25. The molecule has 164 valence electrons. The lowest BCUT2D eigenvalue weighted by Gasteiger charge is -2.28. The topological polar surface area (TPSA) is 63.6 Å². The van der Waals surface area contributed by atoms with Crippen molar-refractivity contribution in [1.29, 1.82) is 0 Å². The van der Waals surface area contributed by atoms with E-state index in [0.29, 0.717) is 12.8 Å². The van der Waals surface area contributed by atoms with Gasteiger partial charge >= 0.3 is 11.9 Å². The Hall–Kier alpha value is -1.06. The third-order valence-electron chi connectivity index (χ3n) is 6.09. The SMILES string of the molecule is CCCC(CCCCCCCCCC(C)C)OC(=O)C1CCCCC1C(=O)O. The van der Waals surface area contributed by atoms with Crippen LogP contribution in [0, 0.1) is 17.8 Å². The van der Waals surface area contributed by atoms with Gasteiger partial charge in [-0.1, -0.05) is 85.0 Å². The summed E-state index contributed by atoms with van der Waals surface area (Å²) >= 11 is 0. The molecule has 3 unspecified atom stereocenters. The number of unbranched alkanes of at least 4 members (excludes halogenated alkanes) is 6. The molecule has 1 saturated carbocycles. The maximum atomic E-state index is 12.6. The molecule has 0 bridgehead atoms. The van der Waals surface area contributed by atoms with Gasteiger partial charge in [0.2, 0.25) is 0 Å². The lowest BCUT2D eigenvalue weighted by molar-refractivity contribution is -0.164. The van der Waals surface area contributed by atoms with E-state index in [1.54, 1.807) is 0 Å². The molecule has 0 aliphatic heterocycles. The molecule has 4 heteroatoms. The number of carboxylic acid groups (broad SMARTS) is 1. The van der Waals surface area contributed by atoms with E-state index in [9.17, 15) is 14.7 Å². The normalized spacial score (nSPS) is 20.9. The molecule has 0 aromatic rings. The van der Waals surface area contributed by atoms with Gasteiger partial charge in [0.1, 0.15) is 6.10 Å². The van der Waals surface area contributed by atoms with Gasteiger partial charge in [0, 0.05) is 0 Å². The van der Waals surface area contributed by atoms with Gasteiger partial charge in [0.05, 0.1) is 11.8 Å². The standard InChI is InChI=1S/C24H44O4/c1-4-14-20(16-11-9-7-5-6-8-10-15-19(2)3)28-24(27)22-18-13-12-17-21(22)23(25)26/h19-22H,4-18H2,1-3H3,(H,25,26). The molecule has 1 fully saturated rings. The lowest BCUT2D eigenvalue weighted by atomic mass is 9.79. The smallest absolute Gasteiger partial charge is 0.310 e. The summed E-state index contributed by atoms with van der Waals surface area (Å²) in [6.07, 6.45) is 16.1. The molecule has 0 spiro atoms. The van der Waals surface area contributed by atoms with Crippen LogP contribution in [0.1, 0.15) is 117 Å². The second kappa shape index (κ2) is 14.9. The second-order valence-electron chi connectivity index (χ2n) is 9.13. The first-order valence-corrected chi connectivity index (χ1v) is 11.9. The van der Waals surface area contributed by atoms with Crippen LogP contribution >= 0.6 is 0 Å². The van der Waals surface area contributed by atoms with Crippen LogP contribution in [0.4, 0.5) is 0 Å². The third kappa shape index (κ3) is 10.5. The predicted molar refractivity (Wildman–Crippen MR) is 114 cm³/mol. The molecule has 3 atom stereocenters. The highest BCUT2D eigenvalue weighted by Crippen LogP contribution is 2.32. The van der Waals surface area contributed by atoms with Crippen LogP contribution in [-0.4, -0.2) is 23.1 Å². The number of ether oxygens (including phenoxy) is 1. The molecular formula is C24H44O4. The van der Waals surface area contributed by atoms with E-state index < -0.39 is 17.8 Å². The van der Waals surface area contributed by atoms with Gasteiger partial charge in [-0.15, -0.1) is 0 Å². The monoisotopic (exact) mass is 396 g/mol. The third-order valence-corrected chi connectivity index (χ3v) is 6.09. The number of aliphatic carboxylic acids is 1. The highest BCUT2D eigenvalue weighted by molar-refractivity contribution is 5.81. The van der Waals surface area contributed by atoms with E-state index in [-0.39, 0.29) is 12.1 Å². The minimum Gasteiger partial charge on any atom is -0.481 e. The van der Waals surface area contributed by atoms with E-state index in [0.717, 1.165) is 44.4 Å². The number of carboxylic acids is 1. The summed E-state index contributed by atoms with van der Waals surface area (Å²) in [7, 11) is 0. The van der Waals surface area contributed by atoms with Gasteiger partial charge in [0.25, 0.3) is 0 Å². The molecule has 28 heavy (non-hydrogen) atoms. The zero-order valence-electron chi connectivity index (χ0n) is 18.6. The number of rotatable bonds is 15. The number of esters is 1. The van der Waals surface area contributed by atoms with Crippen molar-refractivity contribution >= 4 is 11.9 Å². The Bertz CT molecular complexity index is 432. The average molecular weight is 397 g/mol. The number of carbonyl (C=O) groups is 2. The maximum Gasteiger partial charge on any atom is 0.310 e. The zero-order valence-corrected chi connectivity index (χ0v) is 18.6. The Morgan fingerprint density at radius 2 is 1.39 bits per heavy atom. The molecular weight excluding hydrogens is 352 g/mol.